The average molecular weight is 305 g/mol. The molecular formula is C16H17ClN2O2. The zero-order chi connectivity index (χ0) is 15.2. The predicted molar refractivity (Wildman–Crippen MR) is 82.7 cm³/mol. The summed E-state index contributed by atoms with van der Waals surface area (Å²) in [6.07, 6.45) is 2.26. The van der Waals surface area contributed by atoms with Crippen LogP contribution in [0, 0.1) is 0 Å². The number of benzene rings is 1. The Morgan fingerprint density at radius 3 is 2.52 bits per heavy atom. The van der Waals surface area contributed by atoms with Gasteiger partial charge in [-0.15, -0.1) is 0 Å². The van der Waals surface area contributed by atoms with Gasteiger partial charge in [0.25, 0.3) is 5.91 Å². The Morgan fingerprint density at radius 2 is 2.00 bits per heavy atom. The molecule has 5 heteroatoms. The van der Waals surface area contributed by atoms with E-state index in [-0.39, 0.29) is 11.9 Å². The third kappa shape index (κ3) is 3.95. The average Bonchev–Trinajstić information content (AvgIpc) is 2.53. The maximum atomic E-state index is 12.2. The maximum absolute atomic E-state index is 12.2. The number of pyridine rings is 1. The first kappa shape index (κ1) is 15.3. The predicted octanol–water partition coefficient (Wildman–Crippen LogP) is 3.62. The van der Waals surface area contributed by atoms with Gasteiger partial charge in [-0.05, 0) is 36.2 Å². The second-order valence-electron chi connectivity index (χ2n) is 4.58. The number of ether oxygens (including phenoxy) is 1. The molecule has 0 saturated carbocycles. The highest BCUT2D eigenvalue weighted by atomic mass is 35.5. The first-order valence-electron chi connectivity index (χ1n) is 6.70. The molecule has 1 unspecified atom stereocenters. The molecule has 0 aliphatic heterocycles. The summed E-state index contributed by atoms with van der Waals surface area (Å²) < 4.78 is 5.14. The van der Waals surface area contributed by atoms with Crippen LogP contribution in [0.5, 0.6) is 5.75 Å². The summed E-state index contributed by atoms with van der Waals surface area (Å²) in [7, 11) is 1.63. The van der Waals surface area contributed by atoms with Crippen LogP contribution >= 0.6 is 11.6 Å². The highest BCUT2D eigenvalue weighted by molar-refractivity contribution is 6.29. The molecule has 1 aromatic heterocycles. The lowest BCUT2D eigenvalue weighted by molar-refractivity contribution is 0.0935. The second-order valence-corrected chi connectivity index (χ2v) is 4.96. The SMILES string of the molecule is CCC(NC(=O)c1ccc(Cl)nc1)c1ccc(OC)cc1. The molecule has 4 nitrogen and oxygen atoms in total. The lowest BCUT2D eigenvalue weighted by atomic mass is 10.0. The summed E-state index contributed by atoms with van der Waals surface area (Å²) in [6.45, 7) is 2.02. The van der Waals surface area contributed by atoms with Crippen molar-refractivity contribution in [2.45, 2.75) is 19.4 Å². The van der Waals surface area contributed by atoms with Gasteiger partial charge in [0.05, 0.1) is 18.7 Å². The monoisotopic (exact) mass is 304 g/mol. The van der Waals surface area contributed by atoms with Crippen LogP contribution in [0.3, 0.4) is 0 Å². The molecule has 0 spiro atoms. The van der Waals surface area contributed by atoms with Gasteiger partial charge in [-0.2, -0.15) is 0 Å². The van der Waals surface area contributed by atoms with Crippen molar-refractivity contribution in [1.82, 2.24) is 10.3 Å². The van der Waals surface area contributed by atoms with E-state index in [4.69, 9.17) is 16.3 Å². The fourth-order valence-corrected chi connectivity index (χ4v) is 2.12. The third-order valence-electron chi connectivity index (χ3n) is 3.22. The van der Waals surface area contributed by atoms with Gasteiger partial charge in [-0.25, -0.2) is 4.98 Å². The molecule has 21 heavy (non-hydrogen) atoms. The van der Waals surface area contributed by atoms with E-state index in [2.05, 4.69) is 10.3 Å². The molecule has 0 bridgehead atoms. The third-order valence-corrected chi connectivity index (χ3v) is 3.44. The topological polar surface area (TPSA) is 51.2 Å². The Labute approximate surface area is 129 Å². The van der Waals surface area contributed by atoms with Crippen LogP contribution in [0.2, 0.25) is 5.15 Å². The number of hydrogen-bond acceptors (Lipinski definition) is 3. The van der Waals surface area contributed by atoms with Crippen LogP contribution < -0.4 is 10.1 Å². The zero-order valence-corrected chi connectivity index (χ0v) is 12.7. The fraction of sp³-hybridized carbons (Fsp3) is 0.250. The van der Waals surface area contributed by atoms with Crippen LogP contribution in [0.25, 0.3) is 0 Å². The molecule has 0 aliphatic rings. The van der Waals surface area contributed by atoms with E-state index in [1.807, 2.05) is 31.2 Å². The van der Waals surface area contributed by atoms with Crippen molar-refractivity contribution in [1.29, 1.82) is 0 Å². The van der Waals surface area contributed by atoms with E-state index in [0.29, 0.717) is 10.7 Å². The smallest absolute Gasteiger partial charge is 0.253 e. The zero-order valence-electron chi connectivity index (χ0n) is 12.0. The first-order chi connectivity index (χ1) is 10.1. The molecule has 1 heterocycles. The number of amides is 1. The second kappa shape index (κ2) is 7.09. The molecule has 1 atom stereocenters. The van der Waals surface area contributed by atoms with Crippen molar-refractivity contribution >= 4 is 17.5 Å². The van der Waals surface area contributed by atoms with Crippen molar-refractivity contribution < 1.29 is 9.53 Å². The number of carbonyl (C=O) groups excluding carboxylic acids is 1. The molecule has 110 valence electrons. The van der Waals surface area contributed by atoms with Crippen molar-refractivity contribution in [3.05, 3.63) is 58.9 Å². The summed E-state index contributed by atoms with van der Waals surface area (Å²) in [4.78, 5) is 16.1. The van der Waals surface area contributed by atoms with Crippen LogP contribution in [-0.4, -0.2) is 18.0 Å². The Kier molecular flexibility index (Phi) is 5.17. The van der Waals surface area contributed by atoms with Gasteiger partial charge in [-0.3, -0.25) is 4.79 Å². The lowest BCUT2D eigenvalue weighted by Crippen LogP contribution is -2.28. The molecular weight excluding hydrogens is 288 g/mol. The van der Waals surface area contributed by atoms with E-state index in [1.54, 1.807) is 19.2 Å². The Balaban J connectivity index is 2.10. The summed E-state index contributed by atoms with van der Waals surface area (Å²) in [5.41, 5.74) is 1.53. The summed E-state index contributed by atoms with van der Waals surface area (Å²) >= 11 is 5.72. The van der Waals surface area contributed by atoms with Gasteiger partial charge in [0.1, 0.15) is 10.9 Å². The number of nitrogens with one attached hydrogen (secondary N) is 1. The molecule has 1 amide bonds. The van der Waals surface area contributed by atoms with Gasteiger partial charge in [0.15, 0.2) is 0 Å². The number of hydrogen-bond donors (Lipinski definition) is 1. The molecule has 0 saturated heterocycles. The minimum atomic E-state index is -0.165. The Morgan fingerprint density at radius 1 is 1.29 bits per heavy atom. The van der Waals surface area contributed by atoms with Crippen LogP contribution in [0.4, 0.5) is 0 Å². The van der Waals surface area contributed by atoms with Gasteiger partial charge in [0, 0.05) is 6.20 Å². The number of methoxy groups -OCH3 is 1. The molecule has 1 aromatic carbocycles. The molecule has 1 N–H and O–H groups in total. The first-order valence-corrected chi connectivity index (χ1v) is 7.08. The minimum Gasteiger partial charge on any atom is -0.497 e. The number of carbonyl (C=O) groups is 1. The van der Waals surface area contributed by atoms with Gasteiger partial charge in [-0.1, -0.05) is 30.7 Å². The molecule has 0 aliphatic carbocycles. The van der Waals surface area contributed by atoms with E-state index in [9.17, 15) is 4.79 Å². The van der Waals surface area contributed by atoms with Gasteiger partial charge < -0.3 is 10.1 Å². The van der Waals surface area contributed by atoms with E-state index < -0.39 is 0 Å². The lowest BCUT2D eigenvalue weighted by Gasteiger charge is -2.17. The van der Waals surface area contributed by atoms with E-state index in [1.165, 1.54) is 6.20 Å². The van der Waals surface area contributed by atoms with Crippen molar-refractivity contribution in [2.75, 3.05) is 7.11 Å². The van der Waals surface area contributed by atoms with Crippen LogP contribution in [0.15, 0.2) is 42.6 Å². The number of halogens is 1. The van der Waals surface area contributed by atoms with Crippen molar-refractivity contribution in [2.24, 2.45) is 0 Å². The Bertz CT molecular complexity index is 597. The van der Waals surface area contributed by atoms with E-state index in [0.717, 1.165) is 17.7 Å². The molecule has 2 rings (SSSR count). The molecule has 0 fully saturated rings. The molecule has 0 radical (unpaired) electrons. The van der Waals surface area contributed by atoms with Gasteiger partial charge in [0.2, 0.25) is 0 Å². The number of nitrogens with zero attached hydrogens (tertiary/aromatic N) is 1. The van der Waals surface area contributed by atoms with Crippen LogP contribution in [0.1, 0.15) is 35.3 Å². The van der Waals surface area contributed by atoms with Crippen LogP contribution in [-0.2, 0) is 0 Å². The van der Waals surface area contributed by atoms with E-state index >= 15 is 0 Å². The standard InChI is InChI=1S/C16H17ClN2O2/c1-3-14(11-4-7-13(21-2)8-5-11)19-16(20)12-6-9-15(17)18-10-12/h4-10,14H,3H2,1-2H3,(H,19,20). The molecule has 2 aromatic rings. The van der Waals surface area contributed by atoms with Crippen molar-refractivity contribution in [3.63, 3.8) is 0 Å². The van der Waals surface area contributed by atoms with Gasteiger partial charge >= 0.3 is 0 Å². The highest BCUT2D eigenvalue weighted by Crippen LogP contribution is 2.20. The minimum absolute atomic E-state index is 0.0564. The maximum Gasteiger partial charge on any atom is 0.253 e. The normalized spacial score (nSPS) is 11.8. The highest BCUT2D eigenvalue weighted by Gasteiger charge is 2.14. The summed E-state index contributed by atoms with van der Waals surface area (Å²) in [6, 6.07) is 10.9. The van der Waals surface area contributed by atoms with Crippen molar-refractivity contribution in [3.8, 4) is 5.75 Å². The quantitative estimate of drug-likeness (QED) is 0.858. The summed E-state index contributed by atoms with van der Waals surface area (Å²) in [5, 5.41) is 3.36. The summed E-state index contributed by atoms with van der Waals surface area (Å²) in [5.74, 6) is 0.628. The fourth-order valence-electron chi connectivity index (χ4n) is 2.01. The largest absolute Gasteiger partial charge is 0.497 e. The number of aromatic nitrogens is 1. The Hall–Kier alpha value is -2.07. The number of rotatable bonds is 5.